The van der Waals surface area contributed by atoms with Crippen LogP contribution < -0.4 is 14.5 Å². The van der Waals surface area contributed by atoms with Crippen LogP contribution in [0.25, 0.3) is 11.2 Å². The van der Waals surface area contributed by atoms with Crippen LogP contribution >= 0.6 is 11.6 Å². The minimum absolute atomic E-state index is 0.0455. The minimum atomic E-state index is 0.0455. The van der Waals surface area contributed by atoms with Gasteiger partial charge in [0, 0.05) is 56.9 Å². The Morgan fingerprint density at radius 2 is 1.88 bits per heavy atom. The van der Waals surface area contributed by atoms with Crippen molar-refractivity contribution in [1.29, 1.82) is 0 Å². The van der Waals surface area contributed by atoms with Crippen molar-refractivity contribution in [3.05, 3.63) is 35.9 Å². The zero-order chi connectivity index (χ0) is 22.1. The summed E-state index contributed by atoms with van der Waals surface area (Å²) in [7, 11) is 1.68. The zero-order valence-electron chi connectivity index (χ0n) is 18.0. The van der Waals surface area contributed by atoms with Gasteiger partial charge in [-0.15, -0.1) is 0 Å². The van der Waals surface area contributed by atoms with Crippen molar-refractivity contribution in [2.75, 3.05) is 56.2 Å². The first-order valence-electron chi connectivity index (χ1n) is 10.9. The van der Waals surface area contributed by atoms with Crippen molar-refractivity contribution in [1.82, 2.24) is 24.8 Å². The van der Waals surface area contributed by atoms with E-state index in [0.717, 1.165) is 74.9 Å². The summed E-state index contributed by atoms with van der Waals surface area (Å²) in [6.07, 6.45) is 3.19. The Bertz CT molecular complexity index is 1100. The molecule has 5 rings (SSSR count). The molecule has 0 saturated carbocycles. The van der Waals surface area contributed by atoms with Gasteiger partial charge in [-0.25, -0.2) is 4.98 Å². The van der Waals surface area contributed by atoms with Crippen LogP contribution in [0.15, 0.2) is 30.6 Å². The molecule has 32 heavy (non-hydrogen) atoms. The molecule has 0 atom stereocenters. The number of nitrogens with zero attached hydrogens (tertiary/aromatic N) is 6. The number of nitrogens with one attached hydrogen (secondary N) is 1. The van der Waals surface area contributed by atoms with Crippen LogP contribution in [-0.4, -0.2) is 77.1 Å². The fraction of sp³-hybridized carbons (Fsp3) is 0.455. The van der Waals surface area contributed by atoms with Gasteiger partial charge in [0.05, 0.1) is 13.4 Å². The maximum absolute atomic E-state index is 13.2. The lowest BCUT2D eigenvalue weighted by Crippen LogP contribution is -2.51. The van der Waals surface area contributed by atoms with Crippen LogP contribution in [0.2, 0.25) is 5.28 Å². The van der Waals surface area contributed by atoms with Crippen LogP contribution in [0.4, 0.5) is 11.5 Å². The summed E-state index contributed by atoms with van der Waals surface area (Å²) >= 11 is 6.08. The summed E-state index contributed by atoms with van der Waals surface area (Å²) in [5, 5.41) is 0.187. The SMILES string of the molecule is COc1cccc(N2CCN(C(=O)C3CCN(c4nc(Cl)nc5nc[nH]c45)CC3)CC2)c1. The number of methoxy groups -OCH3 is 1. The molecule has 1 amide bonds. The van der Waals surface area contributed by atoms with Gasteiger partial charge in [0.1, 0.15) is 11.3 Å². The van der Waals surface area contributed by atoms with Gasteiger partial charge in [-0.1, -0.05) is 6.07 Å². The molecule has 2 saturated heterocycles. The molecule has 2 aromatic heterocycles. The molecule has 0 aliphatic carbocycles. The number of hydrogen-bond donors (Lipinski definition) is 1. The van der Waals surface area contributed by atoms with Gasteiger partial charge in [0.2, 0.25) is 11.2 Å². The van der Waals surface area contributed by atoms with E-state index in [0.29, 0.717) is 5.65 Å². The number of halogens is 1. The van der Waals surface area contributed by atoms with Crippen LogP contribution in [0.3, 0.4) is 0 Å². The number of aromatic nitrogens is 4. The third kappa shape index (κ3) is 4.04. The Kier molecular flexibility index (Phi) is 5.73. The second-order valence-electron chi connectivity index (χ2n) is 8.19. The predicted molar refractivity (Wildman–Crippen MR) is 123 cm³/mol. The molecule has 2 aliphatic heterocycles. The lowest BCUT2D eigenvalue weighted by atomic mass is 9.95. The lowest BCUT2D eigenvalue weighted by molar-refractivity contribution is -0.136. The number of piperazine rings is 1. The summed E-state index contributed by atoms with van der Waals surface area (Å²) in [5.74, 6) is 1.92. The fourth-order valence-corrected chi connectivity index (χ4v) is 4.77. The average Bonchev–Trinajstić information content (AvgIpc) is 3.32. The first kappa shape index (κ1) is 20.8. The number of anilines is 2. The number of H-pyrrole nitrogens is 1. The smallest absolute Gasteiger partial charge is 0.226 e. The van der Waals surface area contributed by atoms with Crippen molar-refractivity contribution in [3.8, 4) is 5.75 Å². The van der Waals surface area contributed by atoms with Crippen molar-refractivity contribution in [3.63, 3.8) is 0 Å². The predicted octanol–water partition coefficient (Wildman–Crippen LogP) is 2.58. The number of carbonyl (C=O) groups excluding carboxylic acids is 1. The molecular formula is C22H26ClN7O2. The maximum atomic E-state index is 13.2. The molecule has 0 radical (unpaired) electrons. The monoisotopic (exact) mass is 455 g/mol. The van der Waals surface area contributed by atoms with E-state index >= 15 is 0 Å². The molecule has 168 valence electrons. The third-order valence-electron chi connectivity index (χ3n) is 6.39. The molecule has 0 spiro atoms. The van der Waals surface area contributed by atoms with Crippen molar-refractivity contribution in [2.24, 2.45) is 5.92 Å². The molecule has 2 aliphatic rings. The fourth-order valence-electron chi connectivity index (χ4n) is 4.61. The second kappa shape index (κ2) is 8.82. The Hall–Kier alpha value is -3.07. The van der Waals surface area contributed by atoms with E-state index in [2.05, 4.69) is 35.8 Å². The highest BCUT2D eigenvalue weighted by atomic mass is 35.5. The molecule has 0 unspecified atom stereocenters. The van der Waals surface area contributed by atoms with Crippen LogP contribution in [0.5, 0.6) is 5.75 Å². The molecule has 9 nitrogen and oxygen atoms in total. The third-order valence-corrected chi connectivity index (χ3v) is 6.56. The molecule has 10 heteroatoms. The van der Waals surface area contributed by atoms with E-state index in [1.165, 1.54) is 0 Å². The van der Waals surface area contributed by atoms with Crippen molar-refractivity contribution < 1.29 is 9.53 Å². The number of imidazole rings is 1. The normalized spacial score (nSPS) is 17.8. The number of fused-ring (bicyclic) bond motifs is 1. The number of benzene rings is 1. The highest BCUT2D eigenvalue weighted by Crippen LogP contribution is 2.29. The van der Waals surface area contributed by atoms with E-state index in [1.54, 1.807) is 13.4 Å². The molecule has 1 aromatic carbocycles. The van der Waals surface area contributed by atoms with Gasteiger partial charge < -0.3 is 24.4 Å². The number of ether oxygens (including phenoxy) is 1. The summed E-state index contributed by atoms with van der Waals surface area (Å²) in [6.45, 7) is 4.65. The molecular weight excluding hydrogens is 430 g/mol. The first-order valence-corrected chi connectivity index (χ1v) is 11.3. The number of hydrogen-bond acceptors (Lipinski definition) is 7. The topological polar surface area (TPSA) is 90.5 Å². The molecule has 2 fully saturated rings. The summed E-state index contributed by atoms with van der Waals surface area (Å²) in [4.78, 5) is 35.5. The number of piperidine rings is 1. The molecule has 0 bridgehead atoms. The standard InChI is InChI=1S/C22H26ClN7O2/c1-32-17-4-2-3-16(13-17)28-9-11-30(12-10-28)21(31)15-5-7-29(8-6-15)20-18-19(25-14-24-18)26-22(23)27-20/h2-4,13-15H,5-12H2,1H3,(H,24,25,26,27). The minimum Gasteiger partial charge on any atom is -0.497 e. The van der Waals surface area contributed by atoms with Gasteiger partial charge in [0.25, 0.3) is 0 Å². The summed E-state index contributed by atoms with van der Waals surface area (Å²) in [6, 6.07) is 8.08. The second-order valence-corrected chi connectivity index (χ2v) is 8.53. The van der Waals surface area contributed by atoms with Gasteiger partial charge in [-0.3, -0.25) is 4.79 Å². The van der Waals surface area contributed by atoms with Gasteiger partial charge in [-0.05, 0) is 36.6 Å². The Morgan fingerprint density at radius 1 is 1.09 bits per heavy atom. The number of amides is 1. The van der Waals surface area contributed by atoms with Crippen molar-refractivity contribution in [2.45, 2.75) is 12.8 Å². The van der Waals surface area contributed by atoms with Gasteiger partial charge in [-0.2, -0.15) is 9.97 Å². The lowest BCUT2D eigenvalue weighted by Gasteiger charge is -2.39. The highest BCUT2D eigenvalue weighted by molar-refractivity contribution is 6.28. The highest BCUT2D eigenvalue weighted by Gasteiger charge is 2.31. The van der Waals surface area contributed by atoms with Crippen LogP contribution in [-0.2, 0) is 4.79 Å². The molecule has 3 aromatic rings. The summed E-state index contributed by atoms with van der Waals surface area (Å²) in [5.41, 5.74) is 2.48. The number of rotatable bonds is 4. The zero-order valence-corrected chi connectivity index (χ0v) is 18.8. The Labute approximate surface area is 191 Å². The van der Waals surface area contributed by atoms with Gasteiger partial charge in [0.15, 0.2) is 11.5 Å². The van der Waals surface area contributed by atoms with E-state index in [4.69, 9.17) is 16.3 Å². The largest absolute Gasteiger partial charge is 0.497 e. The first-order chi connectivity index (χ1) is 15.6. The van der Waals surface area contributed by atoms with Crippen molar-refractivity contribution >= 4 is 40.2 Å². The molecule has 1 N–H and O–H groups in total. The van der Waals surface area contributed by atoms with Crippen LogP contribution in [0, 0.1) is 5.92 Å². The van der Waals surface area contributed by atoms with Gasteiger partial charge >= 0.3 is 0 Å². The summed E-state index contributed by atoms with van der Waals surface area (Å²) < 4.78 is 5.33. The quantitative estimate of drug-likeness (QED) is 0.604. The Morgan fingerprint density at radius 3 is 2.62 bits per heavy atom. The van der Waals surface area contributed by atoms with E-state index in [-0.39, 0.29) is 17.1 Å². The Balaban J connectivity index is 1.18. The number of aromatic amines is 1. The van der Waals surface area contributed by atoms with E-state index in [9.17, 15) is 4.79 Å². The van der Waals surface area contributed by atoms with E-state index < -0.39 is 0 Å². The molecule has 4 heterocycles. The average molecular weight is 456 g/mol. The maximum Gasteiger partial charge on any atom is 0.226 e. The van der Waals surface area contributed by atoms with E-state index in [1.807, 2.05) is 23.1 Å². The number of carbonyl (C=O) groups is 1. The van der Waals surface area contributed by atoms with Crippen LogP contribution in [0.1, 0.15) is 12.8 Å².